The molecule has 41 heavy (non-hydrogen) atoms. The van der Waals surface area contributed by atoms with Gasteiger partial charge in [0.1, 0.15) is 23.3 Å². The van der Waals surface area contributed by atoms with E-state index in [2.05, 4.69) is 5.32 Å². The highest BCUT2D eigenvalue weighted by Gasteiger charge is 2.31. The fourth-order valence-electron chi connectivity index (χ4n) is 5.29. The first kappa shape index (κ1) is 30.0. The SMILES string of the molecule is COc1ccc(OCCCC(=O)N(Cc2cccc(OC)c2)[C@@H](Cc2ccccc2)C(=O)NC2CCCCC2)cc1. The summed E-state index contributed by atoms with van der Waals surface area (Å²) in [7, 11) is 3.25. The standard InChI is InChI=1S/C34H42N2O5/c1-39-29-18-20-30(21-19-29)41-22-10-17-33(37)36(25-27-13-9-16-31(23-27)40-2)32(24-26-11-5-3-6-12-26)34(38)35-28-14-7-4-8-15-28/h3,5-6,9,11-13,16,18-21,23,28,32H,4,7-8,10,14-15,17,22,24-25H2,1-2H3,(H,35,38)/t32-/m0/s1. The van der Waals surface area contributed by atoms with Crippen molar-refractivity contribution >= 4 is 11.8 Å². The summed E-state index contributed by atoms with van der Waals surface area (Å²) in [6, 6.07) is 24.5. The van der Waals surface area contributed by atoms with Gasteiger partial charge in [0.25, 0.3) is 0 Å². The fraction of sp³-hybridized carbons (Fsp3) is 0.412. The van der Waals surface area contributed by atoms with Crippen LogP contribution in [-0.2, 0) is 22.6 Å². The molecule has 0 radical (unpaired) electrons. The van der Waals surface area contributed by atoms with Gasteiger partial charge in [-0.3, -0.25) is 9.59 Å². The quantitative estimate of drug-likeness (QED) is 0.247. The van der Waals surface area contributed by atoms with Gasteiger partial charge in [-0.2, -0.15) is 0 Å². The van der Waals surface area contributed by atoms with E-state index in [0.29, 0.717) is 31.7 Å². The molecule has 0 heterocycles. The first-order valence-corrected chi connectivity index (χ1v) is 14.6. The van der Waals surface area contributed by atoms with E-state index in [1.54, 1.807) is 19.1 Å². The number of ether oxygens (including phenoxy) is 3. The van der Waals surface area contributed by atoms with Crippen LogP contribution in [0.25, 0.3) is 0 Å². The number of carbonyl (C=O) groups excluding carboxylic acids is 2. The highest BCUT2D eigenvalue weighted by molar-refractivity contribution is 5.88. The van der Waals surface area contributed by atoms with Crippen molar-refractivity contribution in [3.8, 4) is 17.2 Å². The average Bonchev–Trinajstić information content (AvgIpc) is 3.02. The van der Waals surface area contributed by atoms with Gasteiger partial charge in [-0.25, -0.2) is 0 Å². The summed E-state index contributed by atoms with van der Waals surface area (Å²) in [6.45, 7) is 0.702. The second-order valence-corrected chi connectivity index (χ2v) is 10.5. The number of nitrogens with one attached hydrogen (secondary N) is 1. The highest BCUT2D eigenvalue weighted by Crippen LogP contribution is 2.22. The molecule has 0 unspecified atom stereocenters. The van der Waals surface area contributed by atoms with E-state index in [4.69, 9.17) is 14.2 Å². The fourth-order valence-corrected chi connectivity index (χ4v) is 5.29. The molecule has 1 saturated carbocycles. The molecule has 0 spiro atoms. The van der Waals surface area contributed by atoms with Crippen LogP contribution in [0.5, 0.6) is 17.2 Å². The number of rotatable bonds is 14. The van der Waals surface area contributed by atoms with E-state index in [9.17, 15) is 9.59 Å². The molecule has 1 aliphatic carbocycles. The maximum atomic E-state index is 13.9. The topological polar surface area (TPSA) is 77.1 Å². The van der Waals surface area contributed by atoms with E-state index in [0.717, 1.165) is 48.3 Å². The number of amides is 2. The third-order valence-electron chi connectivity index (χ3n) is 7.57. The maximum Gasteiger partial charge on any atom is 0.243 e. The molecule has 1 aliphatic rings. The van der Waals surface area contributed by atoms with E-state index >= 15 is 0 Å². The molecule has 1 atom stereocenters. The van der Waals surface area contributed by atoms with Crippen molar-refractivity contribution in [2.45, 2.75) is 70.0 Å². The molecule has 1 fully saturated rings. The van der Waals surface area contributed by atoms with Crippen molar-refractivity contribution in [2.75, 3.05) is 20.8 Å². The van der Waals surface area contributed by atoms with Crippen LogP contribution in [0.2, 0.25) is 0 Å². The van der Waals surface area contributed by atoms with E-state index < -0.39 is 6.04 Å². The summed E-state index contributed by atoms with van der Waals surface area (Å²) >= 11 is 0. The van der Waals surface area contributed by atoms with Crippen LogP contribution in [0, 0.1) is 0 Å². The molecule has 0 bridgehead atoms. The number of hydrogen-bond acceptors (Lipinski definition) is 5. The first-order valence-electron chi connectivity index (χ1n) is 14.6. The van der Waals surface area contributed by atoms with Gasteiger partial charge in [0.2, 0.25) is 11.8 Å². The minimum absolute atomic E-state index is 0.0779. The molecule has 7 nitrogen and oxygen atoms in total. The third kappa shape index (κ3) is 9.27. The third-order valence-corrected chi connectivity index (χ3v) is 7.57. The Kier molecular flexibility index (Phi) is 11.5. The van der Waals surface area contributed by atoms with E-state index in [-0.39, 0.29) is 24.3 Å². The van der Waals surface area contributed by atoms with Crippen LogP contribution in [0.1, 0.15) is 56.1 Å². The van der Waals surface area contributed by atoms with Crippen LogP contribution in [-0.4, -0.2) is 49.6 Å². The smallest absolute Gasteiger partial charge is 0.243 e. The summed E-state index contributed by atoms with van der Waals surface area (Å²) in [5.74, 6) is 2.03. The Bertz CT molecular complexity index is 1230. The summed E-state index contributed by atoms with van der Waals surface area (Å²) in [5.41, 5.74) is 1.93. The predicted octanol–water partition coefficient (Wildman–Crippen LogP) is 5.95. The van der Waals surface area contributed by atoms with Crippen LogP contribution < -0.4 is 19.5 Å². The van der Waals surface area contributed by atoms with Crippen molar-refractivity contribution in [3.05, 3.63) is 90.0 Å². The van der Waals surface area contributed by atoms with Crippen LogP contribution >= 0.6 is 0 Å². The summed E-state index contributed by atoms with van der Waals surface area (Å²) in [4.78, 5) is 29.5. The highest BCUT2D eigenvalue weighted by atomic mass is 16.5. The maximum absolute atomic E-state index is 13.9. The number of carbonyl (C=O) groups is 2. The van der Waals surface area contributed by atoms with Crippen molar-refractivity contribution in [1.29, 1.82) is 0 Å². The van der Waals surface area contributed by atoms with Gasteiger partial charge >= 0.3 is 0 Å². The molecule has 0 saturated heterocycles. The van der Waals surface area contributed by atoms with Gasteiger partial charge in [-0.05, 0) is 66.8 Å². The van der Waals surface area contributed by atoms with Crippen molar-refractivity contribution < 1.29 is 23.8 Å². The molecule has 3 aromatic carbocycles. The Hall–Kier alpha value is -4.00. The van der Waals surface area contributed by atoms with Gasteiger partial charge in [-0.15, -0.1) is 0 Å². The van der Waals surface area contributed by atoms with Crippen LogP contribution in [0.4, 0.5) is 0 Å². The van der Waals surface area contributed by atoms with Gasteiger partial charge in [0.05, 0.1) is 20.8 Å². The molecule has 3 aromatic rings. The van der Waals surface area contributed by atoms with Gasteiger partial charge in [0, 0.05) is 25.4 Å². The monoisotopic (exact) mass is 558 g/mol. The molecule has 1 N–H and O–H groups in total. The summed E-state index contributed by atoms with van der Waals surface area (Å²) in [6.07, 6.45) is 6.65. The first-order chi connectivity index (χ1) is 20.1. The molecule has 0 aliphatic heterocycles. The Morgan fingerprint density at radius 2 is 1.51 bits per heavy atom. The average molecular weight is 559 g/mol. The number of nitrogens with zero attached hydrogens (tertiary/aromatic N) is 1. The lowest BCUT2D eigenvalue weighted by atomic mass is 9.94. The number of hydrogen-bond donors (Lipinski definition) is 1. The molecular formula is C34H42N2O5. The zero-order valence-corrected chi connectivity index (χ0v) is 24.2. The van der Waals surface area contributed by atoms with Crippen molar-refractivity contribution in [3.63, 3.8) is 0 Å². The van der Waals surface area contributed by atoms with E-state index in [1.807, 2.05) is 78.9 Å². The largest absolute Gasteiger partial charge is 0.497 e. The Morgan fingerprint density at radius 3 is 2.22 bits per heavy atom. The molecule has 0 aromatic heterocycles. The molecule has 2 amide bonds. The lowest BCUT2D eigenvalue weighted by Crippen LogP contribution is -2.52. The van der Waals surface area contributed by atoms with E-state index in [1.165, 1.54) is 6.42 Å². The lowest BCUT2D eigenvalue weighted by molar-refractivity contribution is -0.141. The molecule has 218 valence electrons. The minimum atomic E-state index is -0.638. The zero-order valence-electron chi connectivity index (χ0n) is 24.2. The van der Waals surface area contributed by atoms with Crippen LogP contribution in [0.3, 0.4) is 0 Å². The van der Waals surface area contributed by atoms with Gasteiger partial charge in [-0.1, -0.05) is 61.7 Å². The van der Waals surface area contributed by atoms with Crippen molar-refractivity contribution in [2.24, 2.45) is 0 Å². The normalized spacial score (nSPS) is 14.1. The Labute approximate surface area is 243 Å². The summed E-state index contributed by atoms with van der Waals surface area (Å²) < 4.78 is 16.5. The second-order valence-electron chi connectivity index (χ2n) is 10.5. The van der Waals surface area contributed by atoms with Gasteiger partial charge in [0.15, 0.2) is 0 Å². The molecule has 7 heteroatoms. The van der Waals surface area contributed by atoms with Gasteiger partial charge < -0.3 is 24.4 Å². The minimum Gasteiger partial charge on any atom is -0.497 e. The second kappa shape index (κ2) is 15.7. The molecular weight excluding hydrogens is 516 g/mol. The summed E-state index contributed by atoms with van der Waals surface area (Å²) in [5, 5.41) is 3.29. The Morgan fingerprint density at radius 1 is 0.829 bits per heavy atom. The number of methoxy groups -OCH3 is 2. The predicted molar refractivity (Wildman–Crippen MR) is 160 cm³/mol. The molecule has 4 rings (SSSR count). The lowest BCUT2D eigenvalue weighted by Gasteiger charge is -2.33. The number of benzene rings is 3. The zero-order chi connectivity index (χ0) is 28.9. The Balaban J connectivity index is 1.52. The van der Waals surface area contributed by atoms with Crippen molar-refractivity contribution in [1.82, 2.24) is 10.2 Å². The van der Waals surface area contributed by atoms with Crippen LogP contribution in [0.15, 0.2) is 78.9 Å².